The van der Waals surface area contributed by atoms with Crippen molar-refractivity contribution in [3.63, 3.8) is 0 Å². The maximum atomic E-state index is 12.5. The maximum absolute atomic E-state index is 12.5. The second kappa shape index (κ2) is 7.71. The highest BCUT2D eigenvalue weighted by molar-refractivity contribution is 6.31. The van der Waals surface area contributed by atoms with Crippen LogP contribution in [0.15, 0.2) is 18.2 Å². The number of alkyl halides is 3. The SMILES string of the molecule is Cl.NCCCCOc1ccc(Cl)c(C(F)(F)F)c1. The Kier molecular flexibility index (Phi) is 7.43. The van der Waals surface area contributed by atoms with Gasteiger partial charge in [0.05, 0.1) is 17.2 Å². The van der Waals surface area contributed by atoms with E-state index in [0.29, 0.717) is 19.6 Å². The quantitative estimate of drug-likeness (QED) is 0.837. The fraction of sp³-hybridized carbons (Fsp3) is 0.455. The van der Waals surface area contributed by atoms with Crippen LogP contribution in [0, 0.1) is 0 Å². The standard InChI is InChI=1S/C11H13ClF3NO.ClH/c12-10-4-3-8(17-6-2-1-5-16)7-9(10)11(13,14)15;/h3-4,7H,1-2,5-6,16H2;1H. The molecule has 7 heteroatoms. The molecule has 0 unspecified atom stereocenters. The number of hydrogen-bond donors (Lipinski definition) is 1. The molecule has 1 aromatic rings. The molecule has 0 aliphatic rings. The van der Waals surface area contributed by atoms with E-state index in [4.69, 9.17) is 22.1 Å². The molecule has 0 amide bonds. The van der Waals surface area contributed by atoms with Gasteiger partial charge in [0, 0.05) is 0 Å². The minimum atomic E-state index is -4.46. The van der Waals surface area contributed by atoms with Gasteiger partial charge in [-0.15, -0.1) is 12.4 Å². The van der Waals surface area contributed by atoms with Gasteiger partial charge < -0.3 is 10.5 Å². The Bertz CT molecular complexity index is 372. The van der Waals surface area contributed by atoms with E-state index in [2.05, 4.69) is 0 Å². The van der Waals surface area contributed by atoms with Crippen molar-refractivity contribution in [1.82, 2.24) is 0 Å². The van der Waals surface area contributed by atoms with Crippen molar-refractivity contribution in [3.05, 3.63) is 28.8 Å². The highest BCUT2D eigenvalue weighted by Crippen LogP contribution is 2.36. The molecule has 1 rings (SSSR count). The number of benzene rings is 1. The lowest BCUT2D eigenvalue weighted by Crippen LogP contribution is -2.07. The highest BCUT2D eigenvalue weighted by Gasteiger charge is 2.33. The molecule has 0 saturated heterocycles. The van der Waals surface area contributed by atoms with E-state index in [9.17, 15) is 13.2 Å². The number of rotatable bonds is 5. The summed E-state index contributed by atoms with van der Waals surface area (Å²) in [6.07, 6.45) is -2.98. The van der Waals surface area contributed by atoms with Gasteiger partial charge >= 0.3 is 6.18 Å². The molecule has 0 radical (unpaired) electrons. The van der Waals surface area contributed by atoms with Gasteiger partial charge in [0.25, 0.3) is 0 Å². The Morgan fingerprint density at radius 1 is 1.22 bits per heavy atom. The van der Waals surface area contributed by atoms with E-state index < -0.39 is 11.7 Å². The van der Waals surface area contributed by atoms with Gasteiger partial charge in [-0.2, -0.15) is 13.2 Å². The molecule has 2 N–H and O–H groups in total. The molecule has 104 valence electrons. The van der Waals surface area contributed by atoms with Gasteiger partial charge in [0.15, 0.2) is 0 Å². The first-order valence-electron chi connectivity index (χ1n) is 5.15. The van der Waals surface area contributed by atoms with E-state index in [1.807, 2.05) is 0 Å². The Balaban J connectivity index is 0.00000289. The number of unbranched alkanes of at least 4 members (excludes halogenated alkanes) is 1. The van der Waals surface area contributed by atoms with Crippen LogP contribution in [0.5, 0.6) is 5.75 Å². The van der Waals surface area contributed by atoms with Gasteiger partial charge in [-0.3, -0.25) is 0 Å². The average Bonchev–Trinajstić information content (AvgIpc) is 2.25. The lowest BCUT2D eigenvalue weighted by molar-refractivity contribution is -0.137. The van der Waals surface area contributed by atoms with Crippen LogP contribution >= 0.6 is 24.0 Å². The second-order valence-corrected chi connectivity index (χ2v) is 3.89. The van der Waals surface area contributed by atoms with Crippen molar-refractivity contribution in [2.45, 2.75) is 19.0 Å². The Morgan fingerprint density at radius 3 is 2.44 bits per heavy atom. The fourth-order valence-electron chi connectivity index (χ4n) is 1.25. The Hall–Kier alpha value is -0.650. The van der Waals surface area contributed by atoms with Gasteiger partial charge in [-0.1, -0.05) is 11.6 Å². The average molecular weight is 304 g/mol. The summed E-state index contributed by atoms with van der Waals surface area (Å²) in [5.74, 6) is 0.166. The number of ether oxygens (including phenoxy) is 1. The summed E-state index contributed by atoms with van der Waals surface area (Å²) < 4.78 is 42.7. The Morgan fingerprint density at radius 2 is 1.89 bits per heavy atom. The van der Waals surface area contributed by atoms with Crippen molar-refractivity contribution in [2.24, 2.45) is 5.73 Å². The van der Waals surface area contributed by atoms with Crippen molar-refractivity contribution >= 4 is 24.0 Å². The van der Waals surface area contributed by atoms with Crippen LogP contribution in [0.2, 0.25) is 5.02 Å². The van der Waals surface area contributed by atoms with E-state index in [0.717, 1.165) is 12.5 Å². The summed E-state index contributed by atoms with van der Waals surface area (Å²) in [6, 6.07) is 3.51. The van der Waals surface area contributed by atoms with Crippen LogP contribution in [-0.2, 0) is 6.18 Å². The lowest BCUT2D eigenvalue weighted by Gasteiger charge is -2.11. The zero-order chi connectivity index (χ0) is 12.9. The number of hydrogen-bond acceptors (Lipinski definition) is 2. The molecule has 0 aliphatic carbocycles. The minimum absolute atomic E-state index is 0. The first-order valence-corrected chi connectivity index (χ1v) is 5.52. The van der Waals surface area contributed by atoms with Crippen molar-refractivity contribution in [2.75, 3.05) is 13.2 Å². The number of nitrogens with two attached hydrogens (primary N) is 1. The van der Waals surface area contributed by atoms with Crippen LogP contribution in [0.25, 0.3) is 0 Å². The predicted octanol–water partition coefficient (Wildman–Crippen LogP) is 3.90. The van der Waals surface area contributed by atoms with Crippen LogP contribution in [0.1, 0.15) is 18.4 Å². The van der Waals surface area contributed by atoms with E-state index >= 15 is 0 Å². The van der Waals surface area contributed by atoms with Crippen LogP contribution in [0.4, 0.5) is 13.2 Å². The molecule has 0 spiro atoms. The van der Waals surface area contributed by atoms with Crippen LogP contribution in [0.3, 0.4) is 0 Å². The molecule has 0 atom stereocenters. The maximum Gasteiger partial charge on any atom is 0.417 e. The summed E-state index contributed by atoms with van der Waals surface area (Å²) in [5.41, 5.74) is 4.41. The van der Waals surface area contributed by atoms with Gasteiger partial charge in [-0.25, -0.2) is 0 Å². The first-order chi connectivity index (χ1) is 7.95. The number of halogens is 5. The molecule has 2 nitrogen and oxygen atoms in total. The van der Waals surface area contributed by atoms with Crippen molar-refractivity contribution < 1.29 is 17.9 Å². The summed E-state index contributed by atoms with van der Waals surface area (Å²) in [7, 11) is 0. The fourth-order valence-corrected chi connectivity index (χ4v) is 1.47. The topological polar surface area (TPSA) is 35.2 Å². The summed E-state index contributed by atoms with van der Waals surface area (Å²) >= 11 is 5.47. The first kappa shape index (κ1) is 17.4. The Labute approximate surface area is 115 Å². The van der Waals surface area contributed by atoms with Crippen LogP contribution in [-0.4, -0.2) is 13.2 Å². The second-order valence-electron chi connectivity index (χ2n) is 3.48. The molecule has 0 bridgehead atoms. The zero-order valence-corrected chi connectivity index (χ0v) is 11.0. The van der Waals surface area contributed by atoms with Gasteiger partial charge in [0.1, 0.15) is 5.75 Å². The summed E-state index contributed by atoms with van der Waals surface area (Å²) in [4.78, 5) is 0. The molecule has 0 aromatic heterocycles. The predicted molar refractivity (Wildman–Crippen MR) is 67.5 cm³/mol. The molecular formula is C11H14Cl2F3NO. The van der Waals surface area contributed by atoms with Crippen molar-refractivity contribution in [1.29, 1.82) is 0 Å². The van der Waals surface area contributed by atoms with Gasteiger partial charge in [-0.05, 0) is 37.6 Å². The monoisotopic (exact) mass is 303 g/mol. The lowest BCUT2D eigenvalue weighted by atomic mass is 10.2. The van der Waals surface area contributed by atoms with Gasteiger partial charge in [0.2, 0.25) is 0 Å². The summed E-state index contributed by atoms with van der Waals surface area (Å²) in [5, 5.41) is -0.327. The van der Waals surface area contributed by atoms with E-state index in [1.165, 1.54) is 12.1 Å². The van der Waals surface area contributed by atoms with Crippen LogP contribution < -0.4 is 10.5 Å². The third kappa shape index (κ3) is 5.33. The molecule has 1 aromatic carbocycles. The normalized spacial score (nSPS) is 10.9. The minimum Gasteiger partial charge on any atom is -0.494 e. The molecule has 0 fully saturated rings. The van der Waals surface area contributed by atoms with Crippen molar-refractivity contribution in [3.8, 4) is 5.75 Å². The van der Waals surface area contributed by atoms with E-state index in [-0.39, 0.29) is 23.2 Å². The smallest absolute Gasteiger partial charge is 0.417 e. The van der Waals surface area contributed by atoms with E-state index in [1.54, 1.807) is 0 Å². The largest absolute Gasteiger partial charge is 0.494 e. The molecular weight excluding hydrogens is 290 g/mol. The molecule has 0 saturated carbocycles. The third-order valence-electron chi connectivity index (χ3n) is 2.11. The highest BCUT2D eigenvalue weighted by atomic mass is 35.5. The zero-order valence-electron chi connectivity index (χ0n) is 9.47. The molecule has 18 heavy (non-hydrogen) atoms. The third-order valence-corrected chi connectivity index (χ3v) is 2.44. The summed E-state index contributed by atoms with van der Waals surface area (Å²) in [6.45, 7) is 0.883. The molecule has 0 aliphatic heterocycles. The molecule has 0 heterocycles.